The van der Waals surface area contributed by atoms with E-state index < -0.39 is 9.20 Å². The molecule has 0 heterocycles. The average molecular weight is 161 g/mol. The second-order valence-corrected chi connectivity index (χ2v) is 4.54. The Kier molecular flexibility index (Phi) is 5.97. The molecule has 1 unspecified atom stereocenters. The van der Waals surface area contributed by atoms with E-state index in [2.05, 4.69) is 31.9 Å². The summed E-state index contributed by atoms with van der Waals surface area (Å²) in [5.41, 5.74) is 0. The highest BCUT2D eigenvalue weighted by Crippen LogP contribution is 1.94. The van der Waals surface area contributed by atoms with Gasteiger partial charge in [-0.1, -0.05) is 13.8 Å². The molecule has 0 aromatic heterocycles. The molecule has 0 rings (SSSR count). The van der Waals surface area contributed by atoms with E-state index in [1.807, 2.05) is 0 Å². The van der Waals surface area contributed by atoms with E-state index in [1.165, 1.54) is 0 Å². The molecule has 0 amide bonds. The van der Waals surface area contributed by atoms with Crippen LogP contribution in [0.15, 0.2) is 0 Å². The van der Waals surface area contributed by atoms with Crippen molar-refractivity contribution in [3.63, 3.8) is 0 Å². The van der Waals surface area contributed by atoms with Crippen LogP contribution in [0.5, 0.6) is 0 Å². The van der Waals surface area contributed by atoms with Crippen molar-refractivity contribution in [3.05, 3.63) is 0 Å². The lowest BCUT2D eigenvalue weighted by Gasteiger charge is -2.23. The van der Waals surface area contributed by atoms with E-state index in [9.17, 15) is 0 Å². The molecule has 0 bridgehead atoms. The third-order valence-corrected chi connectivity index (χ3v) is 4.31. The van der Waals surface area contributed by atoms with Gasteiger partial charge in [-0.2, -0.15) is 0 Å². The fourth-order valence-corrected chi connectivity index (χ4v) is 2.81. The van der Waals surface area contributed by atoms with Crippen LogP contribution in [0.3, 0.4) is 0 Å². The molecule has 0 radical (unpaired) electrons. The summed E-state index contributed by atoms with van der Waals surface area (Å²) in [7, 11) is -0.984. The van der Waals surface area contributed by atoms with Gasteiger partial charge in [0, 0.05) is 6.61 Å². The van der Waals surface area contributed by atoms with E-state index in [-0.39, 0.29) is 0 Å². The van der Waals surface area contributed by atoms with Crippen molar-refractivity contribution in [3.8, 4) is 0 Å². The van der Waals surface area contributed by atoms with Crippen LogP contribution in [0.2, 0.25) is 6.55 Å². The predicted octanol–water partition coefficient (Wildman–Crippen LogP) is 1.22. The minimum Gasteiger partial charge on any atom is -0.406 e. The van der Waals surface area contributed by atoms with Crippen LogP contribution in [0.4, 0.5) is 0 Å². The van der Waals surface area contributed by atoms with Crippen LogP contribution in [0.25, 0.3) is 0 Å². The van der Waals surface area contributed by atoms with Gasteiger partial charge in [0.25, 0.3) is 9.20 Å². The first-order valence-corrected chi connectivity index (χ1v) is 6.26. The van der Waals surface area contributed by atoms with E-state index in [4.69, 9.17) is 4.43 Å². The van der Waals surface area contributed by atoms with Gasteiger partial charge in [-0.15, -0.1) is 0 Å². The highest BCUT2D eigenvalue weighted by molar-refractivity contribution is 6.46. The van der Waals surface area contributed by atoms with E-state index in [0.717, 1.165) is 19.7 Å². The molecule has 0 saturated heterocycles. The van der Waals surface area contributed by atoms with Crippen molar-refractivity contribution < 1.29 is 4.43 Å². The van der Waals surface area contributed by atoms with Gasteiger partial charge in [0.2, 0.25) is 0 Å². The zero-order chi connectivity index (χ0) is 7.98. The maximum absolute atomic E-state index is 5.55. The molecule has 0 N–H and O–H groups in total. The maximum atomic E-state index is 5.55. The quantitative estimate of drug-likeness (QED) is 0.562. The van der Waals surface area contributed by atoms with Gasteiger partial charge in [0.05, 0.1) is 0 Å². The summed E-state index contributed by atoms with van der Waals surface area (Å²) in [5, 5.41) is 0. The first kappa shape index (κ1) is 10.1. The molecule has 0 aliphatic carbocycles. The summed E-state index contributed by atoms with van der Waals surface area (Å²) in [6.07, 6.45) is 0. The normalized spacial score (nSPS) is 14.1. The van der Waals surface area contributed by atoms with Crippen LogP contribution < -0.4 is 0 Å². The second kappa shape index (κ2) is 5.89. The molecule has 62 valence electrons. The van der Waals surface area contributed by atoms with Crippen LogP contribution in [0, 0.1) is 0 Å². The standard InChI is InChI=1S/C7H19NOSi/c1-5-8(6-2)10(4)9-7-3/h10H,5-7H2,1-4H3. The average Bonchev–Trinajstić information content (AvgIpc) is 1.91. The molecule has 0 fully saturated rings. The maximum Gasteiger partial charge on any atom is 0.251 e. The highest BCUT2D eigenvalue weighted by atomic mass is 28.3. The van der Waals surface area contributed by atoms with Crippen molar-refractivity contribution >= 4 is 9.20 Å². The zero-order valence-electron chi connectivity index (χ0n) is 7.55. The van der Waals surface area contributed by atoms with Crippen LogP contribution in [0.1, 0.15) is 20.8 Å². The van der Waals surface area contributed by atoms with Crippen LogP contribution >= 0.6 is 0 Å². The predicted molar refractivity (Wildman–Crippen MR) is 47.6 cm³/mol. The number of nitrogens with zero attached hydrogens (tertiary/aromatic N) is 1. The molecule has 0 aromatic rings. The van der Waals surface area contributed by atoms with Gasteiger partial charge in [-0.25, -0.2) is 0 Å². The minimum absolute atomic E-state index is 0.865. The van der Waals surface area contributed by atoms with Crippen molar-refractivity contribution in [2.45, 2.75) is 27.3 Å². The lowest BCUT2D eigenvalue weighted by atomic mass is 10.7. The molecule has 0 saturated carbocycles. The van der Waals surface area contributed by atoms with Crippen molar-refractivity contribution in [2.75, 3.05) is 19.7 Å². The second-order valence-electron chi connectivity index (χ2n) is 2.28. The Labute approximate surface area is 66.0 Å². The van der Waals surface area contributed by atoms with Crippen LogP contribution in [-0.2, 0) is 4.43 Å². The zero-order valence-corrected chi connectivity index (χ0v) is 8.71. The topological polar surface area (TPSA) is 12.5 Å². The Balaban J connectivity index is 3.53. The van der Waals surface area contributed by atoms with Crippen molar-refractivity contribution in [2.24, 2.45) is 0 Å². The molecule has 2 nitrogen and oxygen atoms in total. The molecule has 3 heteroatoms. The summed E-state index contributed by atoms with van der Waals surface area (Å²) in [6.45, 7) is 11.8. The summed E-state index contributed by atoms with van der Waals surface area (Å²) >= 11 is 0. The summed E-state index contributed by atoms with van der Waals surface area (Å²) < 4.78 is 7.97. The van der Waals surface area contributed by atoms with E-state index in [1.54, 1.807) is 0 Å². The molecule has 1 atom stereocenters. The Morgan fingerprint density at radius 1 is 1.20 bits per heavy atom. The number of hydrogen-bond acceptors (Lipinski definition) is 2. The van der Waals surface area contributed by atoms with E-state index in [0.29, 0.717) is 0 Å². The first-order valence-electron chi connectivity index (χ1n) is 4.11. The Hall–Kier alpha value is 0.137. The number of hydrogen-bond donors (Lipinski definition) is 0. The third-order valence-electron chi connectivity index (χ3n) is 1.73. The Bertz CT molecular complexity index is 76.0. The molecular weight excluding hydrogens is 142 g/mol. The monoisotopic (exact) mass is 161 g/mol. The van der Waals surface area contributed by atoms with Crippen molar-refractivity contribution in [1.29, 1.82) is 0 Å². The third kappa shape index (κ3) is 3.34. The van der Waals surface area contributed by atoms with Gasteiger partial charge in [0.15, 0.2) is 0 Å². The fraction of sp³-hybridized carbons (Fsp3) is 1.00. The number of rotatable bonds is 5. The largest absolute Gasteiger partial charge is 0.406 e. The van der Waals surface area contributed by atoms with Gasteiger partial charge in [0.1, 0.15) is 0 Å². The molecular formula is C7H19NOSi. The summed E-state index contributed by atoms with van der Waals surface area (Å²) in [4.78, 5) is 0. The Morgan fingerprint density at radius 2 is 1.70 bits per heavy atom. The lowest BCUT2D eigenvalue weighted by molar-refractivity contribution is 0.285. The smallest absolute Gasteiger partial charge is 0.251 e. The van der Waals surface area contributed by atoms with Crippen molar-refractivity contribution in [1.82, 2.24) is 4.57 Å². The van der Waals surface area contributed by atoms with Gasteiger partial charge >= 0.3 is 0 Å². The lowest BCUT2D eigenvalue weighted by Crippen LogP contribution is -2.39. The minimum atomic E-state index is -0.984. The molecule has 0 aromatic carbocycles. The van der Waals surface area contributed by atoms with E-state index >= 15 is 0 Å². The molecule has 0 aliphatic heterocycles. The van der Waals surface area contributed by atoms with Gasteiger partial charge in [-0.05, 0) is 26.6 Å². The highest BCUT2D eigenvalue weighted by Gasteiger charge is 2.10. The van der Waals surface area contributed by atoms with Gasteiger partial charge in [-0.3, -0.25) is 0 Å². The first-order chi connectivity index (χ1) is 4.76. The molecule has 0 spiro atoms. The molecule has 0 aliphatic rings. The SMILES string of the molecule is CCO[SiH](C)N(CC)CC. The fourth-order valence-electron chi connectivity index (χ4n) is 1.08. The van der Waals surface area contributed by atoms with Crippen LogP contribution in [-0.4, -0.2) is 33.5 Å². The Morgan fingerprint density at radius 3 is 2.00 bits per heavy atom. The van der Waals surface area contributed by atoms with Gasteiger partial charge < -0.3 is 8.99 Å². The molecule has 10 heavy (non-hydrogen) atoms. The summed E-state index contributed by atoms with van der Waals surface area (Å²) in [6, 6.07) is 0. The summed E-state index contributed by atoms with van der Waals surface area (Å²) in [5.74, 6) is 0.